The van der Waals surface area contributed by atoms with Crippen LogP contribution in [0.15, 0.2) is 162 Å². The van der Waals surface area contributed by atoms with Crippen LogP contribution in [0.2, 0.25) is 0 Å². The summed E-state index contributed by atoms with van der Waals surface area (Å²) in [4.78, 5) is 2.62. The molecule has 8 aromatic carbocycles. The molecule has 4 heteroatoms. The molecule has 64 heavy (non-hydrogen) atoms. The van der Waals surface area contributed by atoms with E-state index < -0.39 is 0 Å². The van der Waals surface area contributed by atoms with Gasteiger partial charge in [-0.3, -0.25) is 0 Å². The molecule has 306 valence electrons. The third-order valence-corrected chi connectivity index (χ3v) is 15.7. The molecule has 4 aliphatic rings. The van der Waals surface area contributed by atoms with E-state index in [0.29, 0.717) is 0 Å². The summed E-state index contributed by atoms with van der Waals surface area (Å²) in [5, 5.41) is 3.63. The fraction of sp³-hybridized carbons (Fsp3) is 0.167. The molecular weight excluding hydrogens is 775 g/mol. The minimum Gasteiger partial charge on any atom is -0.454 e. The highest BCUT2D eigenvalue weighted by atomic mass is 16.3. The van der Waals surface area contributed by atoms with Gasteiger partial charge in [-0.25, -0.2) is 0 Å². The largest absolute Gasteiger partial charge is 0.454 e. The second-order valence-corrected chi connectivity index (χ2v) is 20.8. The SMILES string of the molecule is CC(C)(C)c1ccc(N2c3cc4c(cc3B3c5c(cc6c(oc7ccccc76)c52)-c2cccc5c6c(n3c25)-c2ccccc2C6(C)C)-c2ccccc2C4(C)C)c(-c2ccccc2)c1. The van der Waals surface area contributed by atoms with Gasteiger partial charge in [-0.1, -0.05) is 176 Å². The summed E-state index contributed by atoms with van der Waals surface area (Å²) in [6, 6.07) is 59.8. The van der Waals surface area contributed by atoms with Gasteiger partial charge in [0.05, 0.1) is 11.4 Å². The summed E-state index contributed by atoms with van der Waals surface area (Å²) in [6.45, 7) is 16.5. The number of fused-ring (bicyclic) bond motifs is 16. The molecule has 0 saturated carbocycles. The molecule has 0 radical (unpaired) electrons. The Morgan fingerprint density at radius 2 is 1.20 bits per heavy atom. The first-order valence-corrected chi connectivity index (χ1v) is 23.0. The number of hydrogen-bond donors (Lipinski definition) is 0. The maximum atomic E-state index is 7.27. The van der Waals surface area contributed by atoms with Crippen molar-refractivity contribution >= 4 is 67.7 Å². The van der Waals surface area contributed by atoms with Gasteiger partial charge in [-0.15, -0.1) is 0 Å². The molecule has 2 aliphatic carbocycles. The minimum atomic E-state index is -0.202. The van der Waals surface area contributed by atoms with Crippen LogP contribution in [-0.2, 0) is 16.2 Å². The van der Waals surface area contributed by atoms with E-state index in [0.717, 1.165) is 33.3 Å². The Morgan fingerprint density at radius 3 is 2.00 bits per heavy atom. The molecule has 10 aromatic rings. The van der Waals surface area contributed by atoms with Gasteiger partial charge in [-0.05, 0) is 96.7 Å². The number of para-hydroxylation sites is 2. The first-order chi connectivity index (χ1) is 30.9. The van der Waals surface area contributed by atoms with E-state index in [1.54, 1.807) is 0 Å². The van der Waals surface area contributed by atoms with Gasteiger partial charge in [0.25, 0.3) is 0 Å². The first kappa shape index (κ1) is 36.4. The highest BCUT2D eigenvalue weighted by molar-refractivity contribution is 6.90. The lowest BCUT2D eigenvalue weighted by Crippen LogP contribution is -2.57. The van der Waals surface area contributed by atoms with E-state index in [4.69, 9.17) is 4.42 Å². The Labute approximate surface area is 374 Å². The molecule has 0 amide bonds. The lowest BCUT2D eigenvalue weighted by molar-refractivity contribution is 0.590. The molecule has 0 atom stereocenters. The van der Waals surface area contributed by atoms with Crippen LogP contribution in [0.25, 0.3) is 77.5 Å². The monoisotopic (exact) mass is 822 g/mol. The number of hydrogen-bond acceptors (Lipinski definition) is 2. The Balaban J connectivity index is 1.21. The van der Waals surface area contributed by atoms with Gasteiger partial charge in [0.15, 0.2) is 5.58 Å². The fourth-order valence-corrected chi connectivity index (χ4v) is 12.7. The minimum absolute atomic E-state index is 0.0462. The average molecular weight is 823 g/mol. The smallest absolute Gasteiger partial charge is 0.333 e. The average Bonchev–Trinajstić information content (AvgIpc) is 3.99. The molecular formula is C60H47BN2O. The first-order valence-electron chi connectivity index (χ1n) is 23.0. The van der Waals surface area contributed by atoms with E-state index in [-0.39, 0.29) is 23.1 Å². The second-order valence-electron chi connectivity index (χ2n) is 20.8. The number of aromatic nitrogens is 1. The maximum Gasteiger partial charge on any atom is 0.333 e. The Morgan fingerprint density at radius 1 is 0.516 bits per heavy atom. The van der Waals surface area contributed by atoms with E-state index in [9.17, 15) is 0 Å². The summed E-state index contributed by atoms with van der Waals surface area (Å²) in [5.74, 6) is 0. The molecule has 2 aromatic heterocycles. The number of benzene rings is 8. The van der Waals surface area contributed by atoms with Crippen LogP contribution in [0.1, 0.15) is 76.3 Å². The van der Waals surface area contributed by atoms with E-state index >= 15 is 0 Å². The number of furan rings is 1. The zero-order chi connectivity index (χ0) is 43.2. The molecule has 2 aliphatic heterocycles. The second kappa shape index (κ2) is 11.9. The Bertz CT molecular complexity index is 3720. The highest BCUT2D eigenvalue weighted by Gasteiger charge is 2.50. The van der Waals surface area contributed by atoms with Crippen molar-refractivity contribution in [2.45, 2.75) is 64.7 Å². The number of anilines is 3. The quantitative estimate of drug-likeness (QED) is 0.162. The fourth-order valence-electron chi connectivity index (χ4n) is 12.7. The lowest BCUT2D eigenvalue weighted by atomic mass is 9.44. The lowest BCUT2D eigenvalue weighted by Gasteiger charge is -2.42. The topological polar surface area (TPSA) is 21.3 Å². The number of rotatable bonds is 2. The molecule has 14 rings (SSSR count). The summed E-state index contributed by atoms with van der Waals surface area (Å²) < 4.78 is 10.0. The molecule has 0 bridgehead atoms. The van der Waals surface area contributed by atoms with Gasteiger partial charge in [-0.2, -0.15) is 0 Å². The normalized spacial score (nSPS) is 15.6. The third kappa shape index (κ3) is 4.39. The van der Waals surface area contributed by atoms with E-state index in [1.165, 1.54) is 100.0 Å². The van der Waals surface area contributed by atoms with Crippen molar-refractivity contribution in [2.75, 3.05) is 4.90 Å². The molecule has 3 nitrogen and oxygen atoms in total. The zero-order valence-corrected chi connectivity index (χ0v) is 37.4. The zero-order valence-electron chi connectivity index (χ0n) is 37.4. The van der Waals surface area contributed by atoms with Gasteiger partial charge in [0.1, 0.15) is 5.58 Å². The predicted octanol–water partition coefficient (Wildman–Crippen LogP) is 14.5. The van der Waals surface area contributed by atoms with Gasteiger partial charge >= 0.3 is 6.85 Å². The Hall–Kier alpha value is -7.04. The molecule has 0 unspecified atom stereocenters. The highest BCUT2D eigenvalue weighted by Crippen LogP contribution is 2.58. The molecule has 0 fully saturated rings. The molecule has 0 spiro atoms. The maximum absolute atomic E-state index is 7.27. The van der Waals surface area contributed by atoms with Crippen LogP contribution in [-0.4, -0.2) is 11.3 Å². The Kier molecular flexibility index (Phi) is 6.80. The van der Waals surface area contributed by atoms with E-state index in [2.05, 4.69) is 216 Å². The summed E-state index contributed by atoms with van der Waals surface area (Å²) in [5.41, 5.74) is 26.0. The van der Waals surface area contributed by atoms with Crippen molar-refractivity contribution in [3.63, 3.8) is 0 Å². The molecule has 0 saturated heterocycles. The van der Waals surface area contributed by atoms with Crippen LogP contribution < -0.4 is 15.8 Å². The van der Waals surface area contributed by atoms with Crippen LogP contribution in [0.5, 0.6) is 0 Å². The van der Waals surface area contributed by atoms with Gasteiger partial charge < -0.3 is 13.8 Å². The van der Waals surface area contributed by atoms with Gasteiger partial charge in [0, 0.05) is 60.6 Å². The van der Waals surface area contributed by atoms with Crippen molar-refractivity contribution < 1.29 is 4.42 Å². The van der Waals surface area contributed by atoms with Crippen LogP contribution in [0, 0.1) is 0 Å². The summed E-state index contributed by atoms with van der Waals surface area (Å²) in [6.07, 6.45) is 0. The predicted molar refractivity (Wildman–Crippen MR) is 269 cm³/mol. The van der Waals surface area contributed by atoms with E-state index in [1.807, 2.05) is 0 Å². The standard InChI is InChI=1S/C60H47BN2O/c1-58(2,3)35-28-29-49(41(30-35)34-18-9-8-10-19-34)62-50-33-47-42(36-20-11-14-25-45(36)59(47,4)5)32-48(50)61-53-43(31-44-37-21-13-16-27-51(37)64-57(44)56(53)62)38-23-17-24-40-52-55(63(61)54(38)40)39-22-12-15-26-46(39)60(52,6)7/h8-33H,1-7H3. The summed E-state index contributed by atoms with van der Waals surface area (Å²) >= 11 is 0. The molecule has 0 N–H and O–H groups in total. The van der Waals surface area contributed by atoms with Crippen LogP contribution in [0.3, 0.4) is 0 Å². The van der Waals surface area contributed by atoms with Crippen molar-refractivity contribution in [1.82, 2.24) is 4.48 Å². The summed E-state index contributed by atoms with van der Waals surface area (Å²) in [7, 11) is 0. The third-order valence-electron chi connectivity index (χ3n) is 15.7. The number of nitrogens with zero attached hydrogens (tertiary/aromatic N) is 2. The van der Waals surface area contributed by atoms with Crippen molar-refractivity contribution in [1.29, 1.82) is 0 Å². The van der Waals surface area contributed by atoms with Crippen LogP contribution in [0.4, 0.5) is 17.1 Å². The van der Waals surface area contributed by atoms with Crippen molar-refractivity contribution in [3.8, 4) is 44.6 Å². The van der Waals surface area contributed by atoms with Crippen LogP contribution >= 0.6 is 0 Å². The van der Waals surface area contributed by atoms with Crippen molar-refractivity contribution in [3.05, 3.63) is 186 Å². The molecule has 4 heterocycles. The van der Waals surface area contributed by atoms with Crippen molar-refractivity contribution in [2.24, 2.45) is 0 Å². The van der Waals surface area contributed by atoms with Gasteiger partial charge in [0.2, 0.25) is 0 Å².